The average molecular weight is 393 g/mol. The number of hydrogen-bond donors (Lipinski definition) is 2. The minimum Gasteiger partial charge on any atom is -0.359 e. The third-order valence-corrected chi connectivity index (χ3v) is 6.78. The van der Waals surface area contributed by atoms with Gasteiger partial charge in [-0.25, -0.2) is 0 Å². The Morgan fingerprint density at radius 1 is 1.04 bits per heavy atom. The molecule has 2 N–H and O–H groups in total. The summed E-state index contributed by atoms with van der Waals surface area (Å²) in [6, 6.07) is 7.86. The molecule has 4 bridgehead atoms. The molecule has 122 valence electrons. The smallest absolute Gasteiger partial charge is 0.258 e. The predicted octanol–water partition coefficient (Wildman–Crippen LogP) is 3.88. The summed E-state index contributed by atoms with van der Waals surface area (Å²) in [6.45, 7) is 0. The van der Waals surface area contributed by atoms with Crippen LogP contribution in [-0.2, 0) is 0 Å². The van der Waals surface area contributed by atoms with Gasteiger partial charge >= 0.3 is 0 Å². The third kappa shape index (κ3) is 3.05. The van der Waals surface area contributed by atoms with Crippen molar-refractivity contribution in [2.45, 2.75) is 38.1 Å². The number of amides is 1. The van der Waals surface area contributed by atoms with Crippen LogP contribution in [0.4, 0.5) is 0 Å². The summed E-state index contributed by atoms with van der Waals surface area (Å²) < 4.78 is 0.787. The molecule has 3 nitrogen and oxygen atoms in total. The summed E-state index contributed by atoms with van der Waals surface area (Å²) in [4.78, 5) is 12.4. The zero-order valence-electron chi connectivity index (χ0n) is 12.9. The van der Waals surface area contributed by atoms with Crippen LogP contribution in [0, 0.1) is 23.7 Å². The SMILES string of the molecule is O=C(NC(=S)NC1C2CC3CC(C2)CC1C3)c1ccccc1Br. The highest BCUT2D eigenvalue weighted by atomic mass is 79.9. The van der Waals surface area contributed by atoms with Gasteiger partial charge in [-0.1, -0.05) is 12.1 Å². The zero-order valence-corrected chi connectivity index (χ0v) is 15.3. The standard InChI is InChI=1S/C18H21BrN2OS/c19-15-4-2-1-3-14(15)17(22)21-18(23)20-16-12-6-10-5-11(8-12)9-13(16)7-10/h1-4,10-13,16H,5-9H2,(H2,20,21,22,23). The van der Waals surface area contributed by atoms with Gasteiger partial charge in [-0.05, 0) is 96.1 Å². The van der Waals surface area contributed by atoms with Gasteiger partial charge in [0, 0.05) is 10.5 Å². The van der Waals surface area contributed by atoms with Crippen LogP contribution in [0.3, 0.4) is 0 Å². The average Bonchev–Trinajstić information content (AvgIpc) is 2.50. The van der Waals surface area contributed by atoms with Crippen molar-refractivity contribution in [2.75, 3.05) is 0 Å². The van der Waals surface area contributed by atoms with Crippen molar-refractivity contribution in [1.29, 1.82) is 0 Å². The summed E-state index contributed by atoms with van der Waals surface area (Å²) in [5.41, 5.74) is 0.613. The highest BCUT2D eigenvalue weighted by Gasteiger charge is 2.48. The second-order valence-corrected chi connectivity index (χ2v) is 8.63. The molecule has 5 heteroatoms. The molecule has 4 saturated carbocycles. The molecule has 5 rings (SSSR count). The van der Waals surface area contributed by atoms with E-state index in [9.17, 15) is 4.79 Å². The molecule has 1 aromatic rings. The van der Waals surface area contributed by atoms with Gasteiger partial charge in [0.2, 0.25) is 0 Å². The van der Waals surface area contributed by atoms with E-state index in [0.29, 0.717) is 16.7 Å². The van der Waals surface area contributed by atoms with Crippen molar-refractivity contribution < 1.29 is 4.79 Å². The molecule has 0 aliphatic heterocycles. The quantitative estimate of drug-likeness (QED) is 0.750. The molecule has 0 saturated heterocycles. The molecule has 4 aliphatic carbocycles. The van der Waals surface area contributed by atoms with E-state index >= 15 is 0 Å². The number of carbonyl (C=O) groups is 1. The van der Waals surface area contributed by atoms with Gasteiger partial charge in [-0.3, -0.25) is 10.1 Å². The number of nitrogens with one attached hydrogen (secondary N) is 2. The summed E-state index contributed by atoms with van der Waals surface area (Å²) >= 11 is 8.83. The number of benzene rings is 1. The molecule has 0 radical (unpaired) electrons. The van der Waals surface area contributed by atoms with Crippen molar-refractivity contribution >= 4 is 39.2 Å². The maximum atomic E-state index is 12.4. The molecule has 0 spiro atoms. The van der Waals surface area contributed by atoms with Crippen molar-refractivity contribution in [2.24, 2.45) is 23.7 Å². The van der Waals surface area contributed by atoms with Crippen LogP contribution in [0.1, 0.15) is 42.5 Å². The fraction of sp³-hybridized carbons (Fsp3) is 0.556. The molecule has 0 unspecified atom stereocenters. The van der Waals surface area contributed by atoms with Crippen molar-refractivity contribution in [3.63, 3.8) is 0 Å². The Labute approximate surface area is 150 Å². The molecular weight excluding hydrogens is 372 g/mol. The Bertz CT molecular complexity index is 620. The summed E-state index contributed by atoms with van der Waals surface area (Å²) in [5, 5.41) is 6.79. The highest BCUT2D eigenvalue weighted by molar-refractivity contribution is 9.10. The molecule has 1 aromatic carbocycles. The largest absolute Gasteiger partial charge is 0.359 e. The maximum absolute atomic E-state index is 12.4. The number of carbonyl (C=O) groups excluding carboxylic acids is 1. The molecule has 23 heavy (non-hydrogen) atoms. The van der Waals surface area contributed by atoms with Crippen molar-refractivity contribution in [1.82, 2.24) is 10.6 Å². The highest BCUT2D eigenvalue weighted by Crippen LogP contribution is 2.53. The zero-order chi connectivity index (χ0) is 16.0. The van der Waals surface area contributed by atoms with Gasteiger partial charge in [0.25, 0.3) is 5.91 Å². The van der Waals surface area contributed by atoms with E-state index < -0.39 is 0 Å². The Morgan fingerprint density at radius 3 is 2.26 bits per heavy atom. The number of rotatable bonds is 2. The van der Waals surface area contributed by atoms with Crippen LogP contribution in [0.2, 0.25) is 0 Å². The van der Waals surface area contributed by atoms with Crippen molar-refractivity contribution in [3.05, 3.63) is 34.3 Å². The first kappa shape index (κ1) is 15.6. The van der Waals surface area contributed by atoms with E-state index in [0.717, 1.165) is 28.1 Å². The van der Waals surface area contributed by atoms with Gasteiger partial charge in [-0.2, -0.15) is 0 Å². The Kier molecular flexibility index (Phi) is 4.18. The number of thiocarbonyl (C=S) groups is 1. The second-order valence-electron chi connectivity index (χ2n) is 7.36. The predicted molar refractivity (Wildman–Crippen MR) is 98.2 cm³/mol. The number of halogens is 1. The lowest BCUT2D eigenvalue weighted by Gasteiger charge is -2.54. The first-order valence-corrected chi connectivity index (χ1v) is 9.66. The van der Waals surface area contributed by atoms with Crippen LogP contribution < -0.4 is 10.6 Å². The fourth-order valence-electron chi connectivity index (χ4n) is 5.16. The first-order valence-electron chi connectivity index (χ1n) is 8.46. The van der Waals surface area contributed by atoms with E-state index in [4.69, 9.17) is 12.2 Å². The van der Waals surface area contributed by atoms with Crippen LogP contribution in [0.5, 0.6) is 0 Å². The topological polar surface area (TPSA) is 41.1 Å². The molecule has 0 heterocycles. The van der Waals surface area contributed by atoms with Gasteiger partial charge in [-0.15, -0.1) is 0 Å². The molecule has 1 amide bonds. The second kappa shape index (κ2) is 6.17. The molecule has 4 aliphatic rings. The van der Waals surface area contributed by atoms with Gasteiger partial charge in [0.1, 0.15) is 0 Å². The van der Waals surface area contributed by atoms with Gasteiger partial charge in [0.15, 0.2) is 5.11 Å². The Morgan fingerprint density at radius 2 is 1.65 bits per heavy atom. The Balaban J connectivity index is 1.39. The van der Waals surface area contributed by atoms with Crippen LogP contribution >= 0.6 is 28.1 Å². The van der Waals surface area contributed by atoms with E-state index in [-0.39, 0.29) is 5.91 Å². The molecule has 4 fully saturated rings. The summed E-state index contributed by atoms with van der Waals surface area (Å²) in [6.07, 6.45) is 6.80. The van der Waals surface area contributed by atoms with Gasteiger partial charge < -0.3 is 5.32 Å². The minimum absolute atomic E-state index is 0.154. The summed E-state index contributed by atoms with van der Waals surface area (Å²) in [5.74, 6) is 3.21. The molecular formula is C18H21BrN2OS. The minimum atomic E-state index is -0.154. The van der Waals surface area contributed by atoms with E-state index in [1.807, 2.05) is 18.2 Å². The summed E-state index contributed by atoms with van der Waals surface area (Å²) in [7, 11) is 0. The monoisotopic (exact) mass is 392 g/mol. The van der Waals surface area contributed by atoms with Gasteiger partial charge in [0.05, 0.1) is 5.56 Å². The van der Waals surface area contributed by atoms with E-state index in [1.54, 1.807) is 6.07 Å². The normalized spacial score (nSPS) is 34.2. The lowest BCUT2D eigenvalue weighted by molar-refractivity contribution is -0.00692. The lowest BCUT2D eigenvalue weighted by atomic mass is 9.54. The lowest BCUT2D eigenvalue weighted by Crippen LogP contribution is -2.57. The Hall–Kier alpha value is -0.940. The third-order valence-electron chi connectivity index (χ3n) is 5.87. The fourth-order valence-corrected chi connectivity index (χ4v) is 5.86. The molecule has 0 aromatic heterocycles. The van der Waals surface area contributed by atoms with E-state index in [2.05, 4.69) is 26.6 Å². The maximum Gasteiger partial charge on any atom is 0.258 e. The van der Waals surface area contributed by atoms with Crippen molar-refractivity contribution in [3.8, 4) is 0 Å². The molecule has 0 atom stereocenters. The van der Waals surface area contributed by atoms with Crippen LogP contribution in [0.25, 0.3) is 0 Å². The van der Waals surface area contributed by atoms with Crippen LogP contribution in [0.15, 0.2) is 28.7 Å². The number of hydrogen-bond acceptors (Lipinski definition) is 2. The van der Waals surface area contributed by atoms with E-state index in [1.165, 1.54) is 32.1 Å². The van der Waals surface area contributed by atoms with Crippen LogP contribution in [-0.4, -0.2) is 17.1 Å². The first-order chi connectivity index (χ1) is 11.1.